The summed E-state index contributed by atoms with van der Waals surface area (Å²) in [6.07, 6.45) is 85.0. The van der Waals surface area contributed by atoms with Crippen molar-refractivity contribution in [1.82, 2.24) is 5.32 Å². The van der Waals surface area contributed by atoms with E-state index >= 15 is 0 Å². The lowest BCUT2D eigenvalue weighted by molar-refractivity contribution is -0.123. The molecule has 65 heavy (non-hydrogen) atoms. The lowest BCUT2D eigenvalue weighted by Crippen LogP contribution is -2.45. The molecule has 2 atom stereocenters. The Morgan fingerprint density at radius 1 is 0.385 bits per heavy atom. The van der Waals surface area contributed by atoms with Gasteiger partial charge in [0.1, 0.15) is 0 Å². The molecule has 0 fully saturated rings. The molecule has 0 aliphatic carbocycles. The van der Waals surface area contributed by atoms with Gasteiger partial charge in [-0.25, -0.2) is 0 Å². The second-order valence-electron chi connectivity index (χ2n) is 17.9. The first-order valence-corrected chi connectivity index (χ1v) is 27.2. The Morgan fingerprint density at radius 3 is 1.08 bits per heavy atom. The molecule has 0 aliphatic rings. The van der Waals surface area contributed by atoms with Crippen LogP contribution in [0.15, 0.2) is 122 Å². The van der Waals surface area contributed by atoms with Crippen LogP contribution in [-0.4, -0.2) is 34.9 Å². The van der Waals surface area contributed by atoms with Gasteiger partial charge in [-0.3, -0.25) is 4.79 Å². The van der Waals surface area contributed by atoms with Gasteiger partial charge in [0.2, 0.25) is 5.91 Å². The molecule has 4 nitrogen and oxygen atoms in total. The predicted octanol–water partition coefficient (Wildman–Crippen LogP) is 18.1. The molecule has 3 N–H and O–H groups in total. The van der Waals surface area contributed by atoms with Crippen molar-refractivity contribution in [3.8, 4) is 0 Å². The van der Waals surface area contributed by atoms with E-state index in [9.17, 15) is 15.0 Å². The van der Waals surface area contributed by atoms with Crippen LogP contribution in [-0.2, 0) is 4.79 Å². The van der Waals surface area contributed by atoms with Crippen molar-refractivity contribution in [2.24, 2.45) is 0 Å². The second kappa shape index (κ2) is 55.1. The fourth-order valence-corrected chi connectivity index (χ4v) is 7.54. The summed E-state index contributed by atoms with van der Waals surface area (Å²) in [7, 11) is 0. The highest BCUT2D eigenvalue weighted by molar-refractivity contribution is 5.76. The lowest BCUT2D eigenvalue weighted by atomic mass is 10.0. The molecule has 4 heteroatoms. The molecule has 0 aliphatic heterocycles. The SMILES string of the molecule is CC/C=C\C/C=C\C/C=C\C/C=C\C/C=C\C/C=C\C/C=C\CCCCCCCCCCCCCCCCCCCC(=O)NC(CO)C(O)/C=C/CC/C=C/CC/C=C/CCCCCC. The van der Waals surface area contributed by atoms with Crippen molar-refractivity contribution in [2.45, 2.75) is 251 Å². The average molecular weight is 898 g/mol. The standard InChI is InChI=1S/C61H103NO3/c1-3-5-7-9-11-13-15-17-19-20-21-22-23-24-25-26-27-28-29-30-31-32-33-34-35-36-37-38-39-40-41-42-43-45-47-49-51-53-55-57-61(65)62-59(58-63)60(64)56-54-52-50-48-46-44-18-16-14-12-10-8-6-4-2/h5,7,11,13-14,16-17,19,21-22,24-25,27-28,30-31,46,48,54,56,59-60,63-64H,3-4,6,8-10,12,15,18,20,23,26,29,32-45,47,49-53,55,57-58H2,1-2H3,(H,62,65)/b7-5-,13-11-,16-14+,19-17-,22-21-,25-24-,28-27-,31-30-,48-46+,56-54+. The smallest absolute Gasteiger partial charge is 0.220 e. The zero-order chi connectivity index (χ0) is 47.0. The van der Waals surface area contributed by atoms with Gasteiger partial charge < -0.3 is 15.5 Å². The highest BCUT2D eigenvalue weighted by Gasteiger charge is 2.17. The Labute approximate surface area is 403 Å². The molecule has 0 aromatic heterocycles. The van der Waals surface area contributed by atoms with Crippen molar-refractivity contribution in [3.05, 3.63) is 122 Å². The number of hydrogen-bond donors (Lipinski definition) is 3. The minimum Gasteiger partial charge on any atom is -0.394 e. The van der Waals surface area contributed by atoms with Crippen molar-refractivity contribution in [1.29, 1.82) is 0 Å². The highest BCUT2D eigenvalue weighted by Crippen LogP contribution is 2.15. The molecule has 0 aromatic carbocycles. The van der Waals surface area contributed by atoms with Crippen molar-refractivity contribution in [2.75, 3.05) is 6.61 Å². The van der Waals surface area contributed by atoms with Gasteiger partial charge in [0, 0.05) is 6.42 Å². The van der Waals surface area contributed by atoms with Gasteiger partial charge in [0.05, 0.1) is 18.8 Å². The Balaban J connectivity index is 3.54. The number of amides is 1. The monoisotopic (exact) mass is 898 g/mol. The van der Waals surface area contributed by atoms with Crippen LogP contribution in [0, 0.1) is 0 Å². The third-order valence-corrected chi connectivity index (χ3v) is 11.7. The number of aliphatic hydroxyl groups excluding tert-OH is 2. The summed E-state index contributed by atoms with van der Waals surface area (Å²) in [6, 6.07) is -0.650. The normalized spacial score (nSPS) is 13.8. The van der Waals surface area contributed by atoms with Crippen LogP contribution in [0.5, 0.6) is 0 Å². The average Bonchev–Trinajstić information content (AvgIpc) is 3.31. The quantitative estimate of drug-likeness (QED) is 0.0421. The van der Waals surface area contributed by atoms with Crippen LogP contribution in [0.2, 0.25) is 0 Å². The molecule has 0 saturated heterocycles. The van der Waals surface area contributed by atoms with Crippen LogP contribution in [0.3, 0.4) is 0 Å². The number of aliphatic hydroxyl groups is 2. The van der Waals surface area contributed by atoms with Crippen molar-refractivity contribution >= 4 is 5.91 Å². The van der Waals surface area contributed by atoms with E-state index in [1.54, 1.807) is 6.08 Å². The minimum absolute atomic E-state index is 0.0817. The maximum atomic E-state index is 12.4. The summed E-state index contributed by atoms with van der Waals surface area (Å²) in [6.45, 7) is 4.15. The highest BCUT2D eigenvalue weighted by atomic mass is 16.3. The minimum atomic E-state index is -0.875. The molecule has 1 amide bonds. The first-order valence-electron chi connectivity index (χ1n) is 27.2. The van der Waals surface area contributed by atoms with Gasteiger partial charge >= 0.3 is 0 Å². The Bertz CT molecular complexity index is 1290. The second-order valence-corrected chi connectivity index (χ2v) is 17.9. The molecule has 0 rings (SSSR count). The predicted molar refractivity (Wildman–Crippen MR) is 289 cm³/mol. The zero-order valence-corrected chi connectivity index (χ0v) is 42.5. The molecule has 2 unspecified atom stereocenters. The topological polar surface area (TPSA) is 69.6 Å². The van der Waals surface area contributed by atoms with Crippen LogP contribution in [0.4, 0.5) is 0 Å². The number of unbranched alkanes of at least 4 members (excludes halogenated alkanes) is 23. The van der Waals surface area contributed by atoms with E-state index in [1.165, 1.54) is 135 Å². The van der Waals surface area contributed by atoms with E-state index < -0.39 is 12.1 Å². The molecular weight excluding hydrogens is 795 g/mol. The molecule has 0 bridgehead atoms. The lowest BCUT2D eigenvalue weighted by Gasteiger charge is -2.19. The summed E-state index contributed by atoms with van der Waals surface area (Å²) in [4.78, 5) is 12.4. The van der Waals surface area contributed by atoms with Crippen molar-refractivity contribution in [3.63, 3.8) is 0 Å². The number of hydrogen-bond acceptors (Lipinski definition) is 3. The number of rotatable bonds is 48. The van der Waals surface area contributed by atoms with Gasteiger partial charge in [-0.1, -0.05) is 251 Å². The summed E-state index contributed by atoms with van der Waals surface area (Å²) < 4.78 is 0. The van der Waals surface area contributed by atoms with E-state index in [4.69, 9.17) is 0 Å². The summed E-state index contributed by atoms with van der Waals surface area (Å²) >= 11 is 0. The van der Waals surface area contributed by atoms with E-state index in [2.05, 4.69) is 129 Å². The first kappa shape index (κ1) is 61.8. The Morgan fingerprint density at radius 2 is 0.692 bits per heavy atom. The van der Waals surface area contributed by atoms with Crippen LogP contribution >= 0.6 is 0 Å². The zero-order valence-electron chi connectivity index (χ0n) is 42.5. The van der Waals surface area contributed by atoms with E-state index in [-0.39, 0.29) is 12.5 Å². The summed E-state index contributed by atoms with van der Waals surface area (Å²) in [5, 5.41) is 23.0. The fraction of sp³-hybridized carbons (Fsp3) is 0.656. The van der Waals surface area contributed by atoms with Gasteiger partial charge in [-0.2, -0.15) is 0 Å². The Hall–Kier alpha value is -3.21. The maximum absolute atomic E-state index is 12.4. The molecule has 0 saturated carbocycles. The van der Waals surface area contributed by atoms with Gasteiger partial charge in [-0.05, 0) is 103 Å². The molecule has 0 heterocycles. The molecule has 370 valence electrons. The van der Waals surface area contributed by atoms with Crippen LogP contribution in [0.25, 0.3) is 0 Å². The first-order chi connectivity index (χ1) is 32.2. The van der Waals surface area contributed by atoms with E-state index in [0.717, 1.165) is 83.5 Å². The van der Waals surface area contributed by atoms with Gasteiger partial charge in [0.15, 0.2) is 0 Å². The third-order valence-electron chi connectivity index (χ3n) is 11.7. The number of allylic oxidation sites excluding steroid dienone is 19. The number of carbonyl (C=O) groups excluding carboxylic acids is 1. The summed E-state index contributed by atoms with van der Waals surface area (Å²) in [5.41, 5.74) is 0. The van der Waals surface area contributed by atoms with Gasteiger partial charge in [0.25, 0.3) is 0 Å². The van der Waals surface area contributed by atoms with Crippen molar-refractivity contribution < 1.29 is 15.0 Å². The largest absolute Gasteiger partial charge is 0.394 e. The van der Waals surface area contributed by atoms with Gasteiger partial charge in [-0.15, -0.1) is 0 Å². The Kier molecular flexibility index (Phi) is 52.4. The van der Waals surface area contributed by atoms with E-state index in [1.807, 2.05) is 6.08 Å². The number of carbonyl (C=O) groups is 1. The summed E-state index contributed by atoms with van der Waals surface area (Å²) in [5.74, 6) is -0.0817. The van der Waals surface area contributed by atoms with E-state index in [0.29, 0.717) is 6.42 Å². The fourth-order valence-electron chi connectivity index (χ4n) is 7.54. The van der Waals surface area contributed by atoms with Crippen LogP contribution < -0.4 is 5.32 Å². The maximum Gasteiger partial charge on any atom is 0.220 e. The molecule has 0 radical (unpaired) electrons. The third kappa shape index (κ3) is 51.6. The molecule has 0 spiro atoms. The molecule has 0 aromatic rings. The number of nitrogens with one attached hydrogen (secondary N) is 1. The molecular formula is C61H103NO3. The van der Waals surface area contributed by atoms with Crippen LogP contribution in [0.1, 0.15) is 239 Å².